The Labute approximate surface area is 152 Å². The fourth-order valence-electron chi connectivity index (χ4n) is 4.53. The largest absolute Gasteiger partial charge is 0.381 e. The third-order valence-electron chi connectivity index (χ3n) is 5.98. The third-order valence-corrected chi connectivity index (χ3v) is 5.98. The molecule has 138 valence electrons. The Morgan fingerprint density at radius 2 is 1.96 bits per heavy atom. The van der Waals surface area contributed by atoms with Crippen molar-refractivity contribution in [2.75, 3.05) is 33.3 Å². The van der Waals surface area contributed by atoms with Gasteiger partial charge in [-0.05, 0) is 56.0 Å². The number of carbonyl (C=O) groups excluding carboxylic acids is 1. The summed E-state index contributed by atoms with van der Waals surface area (Å²) < 4.78 is 5.60. The van der Waals surface area contributed by atoms with Gasteiger partial charge in [0.15, 0.2) is 0 Å². The van der Waals surface area contributed by atoms with Gasteiger partial charge in [0.25, 0.3) is 5.91 Å². The van der Waals surface area contributed by atoms with Gasteiger partial charge in [-0.3, -0.25) is 9.69 Å². The SMILES string of the molecule is CCCN(CC)Cc1ccc(C(=O)N2C[C@@H]3CC[C@H](OC)[C@@H]3C2)cc1. The molecule has 0 unspecified atom stereocenters. The van der Waals surface area contributed by atoms with Gasteiger partial charge in [-0.15, -0.1) is 0 Å². The van der Waals surface area contributed by atoms with Crippen molar-refractivity contribution in [3.63, 3.8) is 0 Å². The average molecular weight is 344 g/mol. The molecule has 1 aromatic carbocycles. The fourth-order valence-corrected chi connectivity index (χ4v) is 4.53. The van der Waals surface area contributed by atoms with Crippen molar-refractivity contribution in [1.29, 1.82) is 0 Å². The number of ether oxygens (including phenoxy) is 1. The molecule has 0 aromatic heterocycles. The van der Waals surface area contributed by atoms with E-state index in [0.717, 1.165) is 44.7 Å². The molecule has 1 heterocycles. The van der Waals surface area contributed by atoms with Crippen LogP contribution in [-0.2, 0) is 11.3 Å². The summed E-state index contributed by atoms with van der Waals surface area (Å²) in [7, 11) is 1.80. The van der Waals surface area contributed by atoms with Crippen LogP contribution in [0.3, 0.4) is 0 Å². The molecule has 1 aromatic rings. The Hall–Kier alpha value is -1.39. The molecule has 2 fully saturated rings. The van der Waals surface area contributed by atoms with E-state index in [9.17, 15) is 4.79 Å². The smallest absolute Gasteiger partial charge is 0.253 e. The lowest BCUT2D eigenvalue weighted by molar-refractivity contribution is 0.0609. The number of hydrogen-bond acceptors (Lipinski definition) is 3. The highest BCUT2D eigenvalue weighted by Gasteiger charge is 2.44. The molecule has 0 radical (unpaired) electrons. The van der Waals surface area contributed by atoms with Gasteiger partial charge in [0.1, 0.15) is 0 Å². The first kappa shape index (κ1) is 18.4. The van der Waals surface area contributed by atoms with Gasteiger partial charge in [0.05, 0.1) is 6.10 Å². The Bertz CT molecular complexity index is 572. The normalized spacial score (nSPS) is 25.6. The number of fused-ring (bicyclic) bond motifs is 1. The van der Waals surface area contributed by atoms with E-state index in [0.29, 0.717) is 17.9 Å². The van der Waals surface area contributed by atoms with E-state index in [1.54, 1.807) is 7.11 Å². The molecule has 3 atom stereocenters. The second-order valence-corrected chi connectivity index (χ2v) is 7.55. The molecule has 0 N–H and O–H groups in total. The van der Waals surface area contributed by atoms with Crippen LogP contribution in [0.15, 0.2) is 24.3 Å². The van der Waals surface area contributed by atoms with E-state index in [1.165, 1.54) is 18.4 Å². The highest BCUT2D eigenvalue weighted by molar-refractivity contribution is 5.94. The summed E-state index contributed by atoms with van der Waals surface area (Å²) in [5.41, 5.74) is 2.10. The maximum absolute atomic E-state index is 12.8. The summed E-state index contributed by atoms with van der Waals surface area (Å²) in [6, 6.07) is 8.22. The molecule has 1 saturated carbocycles. The number of rotatable bonds is 7. The van der Waals surface area contributed by atoms with Crippen molar-refractivity contribution in [2.24, 2.45) is 11.8 Å². The molecule has 1 amide bonds. The van der Waals surface area contributed by atoms with Crippen LogP contribution in [0.4, 0.5) is 0 Å². The van der Waals surface area contributed by atoms with Crippen molar-refractivity contribution < 1.29 is 9.53 Å². The summed E-state index contributed by atoms with van der Waals surface area (Å²) in [5, 5.41) is 0. The van der Waals surface area contributed by atoms with E-state index in [1.807, 2.05) is 17.0 Å². The summed E-state index contributed by atoms with van der Waals surface area (Å²) in [6.07, 6.45) is 3.85. The number of amides is 1. The summed E-state index contributed by atoms with van der Waals surface area (Å²) in [5.74, 6) is 1.33. The number of likely N-dealkylation sites (tertiary alicyclic amines) is 1. The van der Waals surface area contributed by atoms with Gasteiger partial charge in [-0.2, -0.15) is 0 Å². The molecule has 0 spiro atoms. The summed E-state index contributed by atoms with van der Waals surface area (Å²) in [4.78, 5) is 17.3. The quantitative estimate of drug-likeness (QED) is 0.760. The monoisotopic (exact) mass is 344 g/mol. The predicted octanol–water partition coefficient (Wildman–Crippen LogP) is 3.42. The molecule has 25 heavy (non-hydrogen) atoms. The Morgan fingerprint density at radius 1 is 1.20 bits per heavy atom. The molecule has 3 rings (SSSR count). The van der Waals surface area contributed by atoms with E-state index in [-0.39, 0.29) is 5.91 Å². The van der Waals surface area contributed by atoms with Crippen LogP contribution in [0.25, 0.3) is 0 Å². The van der Waals surface area contributed by atoms with Crippen LogP contribution < -0.4 is 0 Å². The second-order valence-electron chi connectivity index (χ2n) is 7.55. The number of methoxy groups -OCH3 is 1. The zero-order valence-electron chi connectivity index (χ0n) is 15.9. The van der Waals surface area contributed by atoms with Crippen molar-refractivity contribution in [2.45, 2.75) is 45.8 Å². The number of benzene rings is 1. The van der Waals surface area contributed by atoms with E-state index < -0.39 is 0 Å². The highest BCUT2D eigenvalue weighted by Crippen LogP contribution is 2.39. The summed E-state index contributed by atoms with van der Waals surface area (Å²) in [6.45, 7) is 9.30. The van der Waals surface area contributed by atoms with E-state index in [4.69, 9.17) is 4.74 Å². The van der Waals surface area contributed by atoms with Crippen molar-refractivity contribution in [1.82, 2.24) is 9.80 Å². The minimum atomic E-state index is 0.178. The number of nitrogens with zero attached hydrogens (tertiary/aromatic N) is 2. The molecule has 2 aliphatic rings. The van der Waals surface area contributed by atoms with E-state index >= 15 is 0 Å². The standard InChI is InChI=1S/C21H32N2O2/c1-4-12-22(5-2)13-16-6-8-17(9-7-16)21(24)23-14-18-10-11-20(25-3)19(18)15-23/h6-9,18-20H,4-5,10-15H2,1-3H3/t18-,19+,20-/m0/s1. The molecule has 0 bridgehead atoms. The molecule has 4 heteroatoms. The Kier molecular flexibility index (Phi) is 6.13. The first-order valence-electron chi connectivity index (χ1n) is 9.79. The van der Waals surface area contributed by atoms with Crippen LogP contribution in [-0.4, -0.2) is 55.1 Å². The van der Waals surface area contributed by atoms with Gasteiger partial charge in [0, 0.05) is 38.2 Å². The van der Waals surface area contributed by atoms with Crippen LogP contribution >= 0.6 is 0 Å². The van der Waals surface area contributed by atoms with Crippen LogP contribution in [0, 0.1) is 11.8 Å². The molecular weight excluding hydrogens is 312 g/mol. The molecule has 1 aliphatic carbocycles. The van der Waals surface area contributed by atoms with Gasteiger partial charge >= 0.3 is 0 Å². The maximum Gasteiger partial charge on any atom is 0.253 e. The average Bonchev–Trinajstić information content (AvgIpc) is 3.21. The zero-order chi connectivity index (χ0) is 17.8. The molecule has 4 nitrogen and oxygen atoms in total. The number of hydrogen-bond donors (Lipinski definition) is 0. The van der Waals surface area contributed by atoms with Gasteiger partial charge in [-0.25, -0.2) is 0 Å². The van der Waals surface area contributed by atoms with Gasteiger partial charge in [0.2, 0.25) is 0 Å². The van der Waals surface area contributed by atoms with Crippen molar-refractivity contribution in [3.8, 4) is 0 Å². The van der Waals surface area contributed by atoms with E-state index in [2.05, 4.69) is 30.9 Å². The third kappa shape index (κ3) is 4.06. The van der Waals surface area contributed by atoms with Crippen molar-refractivity contribution >= 4 is 5.91 Å². The Balaban J connectivity index is 1.60. The summed E-state index contributed by atoms with van der Waals surface area (Å²) >= 11 is 0. The van der Waals surface area contributed by atoms with Crippen LogP contribution in [0.1, 0.15) is 49.0 Å². The predicted molar refractivity (Wildman–Crippen MR) is 101 cm³/mol. The zero-order valence-corrected chi connectivity index (χ0v) is 15.9. The maximum atomic E-state index is 12.8. The highest BCUT2D eigenvalue weighted by atomic mass is 16.5. The minimum absolute atomic E-state index is 0.178. The molecule has 1 aliphatic heterocycles. The second kappa shape index (κ2) is 8.33. The first-order chi connectivity index (χ1) is 12.2. The minimum Gasteiger partial charge on any atom is -0.381 e. The molecular formula is C21H32N2O2. The lowest BCUT2D eigenvalue weighted by atomic mass is 9.99. The lowest BCUT2D eigenvalue weighted by Gasteiger charge is -2.21. The van der Waals surface area contributed by atoms with Crippen molar-refractivity contribution in [3.05, 3.63) is 35.4 Å². The van der Waals surface area contributed by atoms with Crippen LogP contribution in [0.2, 0.25) is 0 Å². The topological polar surface area (TPSA) is 32.8 Å². The molecule has 1 saturated heterocycles. The van der Waals surface area contributed by atoms with Gasteiger partial charge in [-0.1, -0.05) is 26.0 Å². The lowest BCUT2D eigenvalue weighted by Crippen LogP contribution is -2.31. The Morgan fingerprint density at radius 3 is 2.60 bits per heavy atom. The van der Waals surface area contributed by atoms with Gasteiger partial charge < -0.3 is 9.64 Å². The fraction of sp³-hybridized carbons (Fsp3) is 0.667. The number of carbonyl (C=O) groups is 1. The first-order valence-corrected chi connectivity index (χ1v) is 9.79. The van der Waals surface area contributed by atoms with Crippen LogP contribution in [0.5, 0.6) is 0 Å².